The summed E-state index contributed by atoms with van der Waals surface area (Å²) in [6, 6.07) is 6.52. The molecule has 132 valence electrons. The Hall–Kier alpha value is -2.70. The molecule has 1 aromatic heterocycles. The lowest BCUT2D eigenvalue weighted by Gasteiger charge is -2.32. The van der Waals surface area contributed by atoms with Gasteiger partial charge in [0.15, 0.2) is 0 Å². The number of benzene rings is 1. The molecular weight excluding hydrogens is 325 g/mol. The fraction of sp³-hybridized carbons (Fsp3) is 0.389. The monoisotopic (exact) mass is 345 g/mol. The van der Waals surface area contributed by atoms with Gasteiger partial charge in [-0.15, -0.1) is 0 Å². The van der Waals surface area contributed by atoms with Crippen LogP contribution in [-0.4, -0.2) is 47.1 Å². The third-order valence-electron chi connectivity index (χ3n) is 4.23. The minimum absolute atomic E-state index is 0.0292. The highest BCUT2D eigenvalue weighted by atomic mass is 19.1. The van der Waals surface area contributed by atoms with Crippen LogP contribution in [0.4, 0.5) is 4.39 Å². The molecule has 2 heterocycles. The molecule has 25 heavy (non-hydrogen) atoms. The van der Waals surface area contributed by atoms with Gasteiger partial charge in [-0.1, -0.05) is 6.07 Å². The SMILES string of the molecule is COc1nccc(OC2CCN(C(=O)c3ccc(C)c(F)c3)CC2)n1. The number of aryl methyl sites for hydroxylation is 1. The standard InChI is InChI=1S/C18H20FN3O3/c1-12-3-4-13(11-15(12)19)17(23)22-9-6-14(7-10-22)25-16-5-8-20-18(21-16)24-2/h3-5,8,11,14H,6-7,9-10H2,1-2H3. The molecule has 1 saturated heterocycles. The molecule has 0 radical (unpaired) electrons. The normalized spacial score (nSPS) is 15.1. The van der Waals surface area contributed by atoms with Crippen LogP contribution in [0.15, 0.2) is 30.5 Å². The highest BCUT2D eigenvalue weighted by Gasteiger charge is 2.25. The van der Waals surface area contributed by atoms with Crippen molar-refractivity contribution >= 4 is 5.91 Å². The molecule has 0 N–H and O–H groups in total. The van der Waals surface area contributed by atoms with E-state index in [0.717, 1.165) is 0 Å². The number of carbonyl (C=O) groups is 1. The first-order chi connectivity index (χ1) is 12.1. The van der Waals surface area contributed by atoms with Crippen LogP contribution in [0.2, 0.25) is 0 Å². The number of rotatable bonds is 4. The van der Waals surface area contributed by atoms with Crippen LogP contribution in [-0.2, 0) is 0 Å². The Morgan fingerprint density at radius 3 is 2.72 bits per heavy atom. The molecule has 1 aromatic carbocycles. The van der Waals surface area contributed by atoms with Gasteiger partial charge in [-0.25, -0.2) is 9.37 Å². The zero-order valence-corrected chi connectivity index (χ0v) is 14.2. The van der Waals surface area contributed by atoms with Gasteiger partial charge in [0.1, 0.15) is 11.9 Å². The second-order valence-electron chi connectivity index (χ2n) is 5.95. The average molecular weight is 345 g/mol. The zero-order valence-electron chi connectivity index (χ0n) is 14.2. The number of ether oxygens (including phenoxy) is 2. The van der Waals surface area contributed by atoms with E-state index in [1.54, 1.807) is 36.2 Å². The molecule has 0 aliphatic carbocycles. The summed E-state index contributed by atoms with van der Waals surface area (Å²) in [5, 5.41) is 0. The van der Waals surface area contributed by atoms with Crippen molar-refractivity contribution in [3.63, 3.8) is 0 Å². The van der Waals surface area contributed by atoms with Crippen molar-refractivity contribution in [2.75, 3.05) is 20.2 Å². The topological polar surface area (TPSA) is 64.6 Å². The number of carbonyl (C=O) groups excluding carboxylic acids is 1. The van der Waals surface area contributed by atoms with Crippen LogP contribution in [0.1, 0.15) is 28.8 Å². The van der Waals surface area contributed by atoms with Gasteiger partial charge < -0.3 is 14.4 Å². The molecule has 2 aromatic rings. The lowest BCUT2D eigenvalue weighted by atomic mass is 10.1. The lowest BCUT2D eigenvalue weighted by Crippen LogP contribution is -2.41. The molecule has 6 nitrogen and oxygen atoms in total. The van der Waals surface area contributed by atoms with Crippen LogP contribution in [0.5, 0.6) is 11.9 Å². The van der Waals surface area contributed by atoms with Crippen molar-refractivity contribution in [2.45, 2.75) is 25.9 Å². The van der Waals surface area contributed by atoms with Gasteiger partial charge in [0.2, 0.25) is 5.88 Å². The smallest absolute Gasteiger partial charge is 0.319 e. The molecule has 0 saturated carbocycles. The van der Waals surface area contributed by atoms with Crippen LogP contribution < -0.4 is 9.47 Å². The van der Waals surface area contributed by atoms with E-state index in [1.165, 1.54) is 13.2 Å². The van der Waals surface area contributed by atoms with Crippen molar-refractivity contribution in [1.29, 1.82) is 0 Å². The number of aromatic nitrogens is 2. The van der Waals surface area contributed by atoms with E-state index in [0.29, 0.717) is 42.9 Å². The van der Waals surface area contributed by atoms with E-state index in [-0.39, 0.29) is 23.8 Å². The van der Waals surface area contributed by atoms with Crippen LogP contribution >= 0.6 is 0 Å². The number of piperidine rings is 1. The number of methoxy groups -OCH3 is 1. The Kier molecular flexibility index (Phi) is 5.11. The summed E-state index contributed by atoms with van der Waals surface area (Å²) < 4.78 is 24.5. The van der Waals surface area contributed by atoms with E-state index >= 15 is 0 Å². The summed E-state index contributed by atoms with van der Waals surface area (Å²) in [5.41, 5.74) is 0.909. The molecule has 1 aliphatic rings. The van der Waals surface area contributed by atoms with Crippen LogP contribution in [0, 0.1) is 12.7 Å². The molecule has 0 bridgehead atoms. The average Bonchev–Trinajstić information content (AvgIpc) is 2.64. The molecule has 0 spiro atoms. The Labute approximate surface area is 145 Å². The molecule has 1 fully saturated rings. The van der Waals surface area contributed by atoms with E-state index in [4.69, 9.17) is 9.47 Å². The van der Waals surface area contributed by atoms with Gasteiger partial charge in [0.25, 0.3) is 5.91 Å². The number of amides is 1. The number of nitrogens with zero attached hydrogens (tertiary/aromatic N) is 3. The fourth-order valence-corrected chi connectivity index (χ4v) is 2.75. The third-order valence-corrected chi connectivity index (χ3v) is 4.23. The van der Waals surface area contributed by atoms with Crippen molar-refractivity contribution in [1.82, 2.24) is 14.9 Å². The van der Waals surface area contributed by atoms with Gasteiger partial charge >= 0.3 is 6.01 Å². The summed E-state index contributed by atoms with van der Waals surface area (Å²) in [6.07, 6.45) is 2.92. The summed E-state index contributed by atoms with van der Waals surface area (Å²) >= 11 is 0. The summed E-state index contributed by atoms with van der Waals surface area (Å²) in [6.45, 7) is 2.79. The predicted molar refractivity (Wildman–Crippen MR) is 89.3 cm³/mol. The Morgan fingerprint density at radius 2 is 2.04 bits per heavy atom. The largest absolute Gasteiger partial charge is 0.474 e. The summed E-state index contributed by atoms with van der Waals surface area (Å²) in [7, 11) is 1.50. The minimum Gasteiger partial charge on any atom is -0.474 e. The lowest BCUT2D eigenvalue weighted by molar-refractivity contribution is 0.0586. The van der Waals surface area contributed by atoms with Gasteiger partial charge in [-0.2, -0.15) is 4.98 Å². The molecule has 0 unspecified atom stereocenters. The number of hydrogen-bond donors (Lipinski definition) is 0. The second kappa shape index (κ2) is 7.46. The Morgan fingerprint density at radius 1 is 1.28 bits per heavy atom. The second-order valence-corrected chi connectivity index (χ2v) is 5.95. The molecule has 1 aliphatic heterocycles. The van der Waals surface area contributed by atoms with E-state index < -0.39 is 0 Å². The molecule has 0 atom stereocenters. The maximum atomic E-state index is 13.7. The van der Waals surface area contributed by atoms with Crippen molar-refractivity contribution in [3.8, 4) is 11.9 Å². The summed E-state index contributed by atoms with van der Waals surface area (Å²) in [5.74, 6) is -0.0555. The van der Waals surface area contributed by atoms with Crippen molar-refractivity contribution in [2.24, 2.45) is 0 Å². The fourth-order valence-electron chi connectivity index (χ4n) is 2.75. The van der Waals surface area contributed by atoms with Crippen LogP contribution in [0.3, 0.4) is 0 Å². The first kappa shape index (κ1) is 17.1. The Bertz CT molecular complexity index is 761. The number of likely N-dealkylation sites (tertiary alicyclic amines) is 1. The number of halogens is 1. The third kappa shape index (κ3) is 4.04. The molecule has 7 heteroatoms. The first-order valence-corrected chi connectivity index (χ1v) is 8.16. The molecule has 1 amide bonds. The van der Waals surface area contributed by atoms with Crippen LogP contribution in [0.25, 0.3) is 0 Å². The predicted octanol–water partition coefficient (Wildman–Crippen LogP) is 2.62. The minimum atomic E-state index is -0.359. The van der Waals surface area contributed by atoms with E-state index in [2.05, 4.69) is 9.97 Å². The van der Waals surface area contributed by atoms with Gasteiger partial charge in [-0.05, 0) is 24.6 Å². The maximum absolute atomic E-state index is 13.7. The highest BCUT2D eigenvalue weighted by molar-refractivity contribution is 5.94. The quantitative estimate of drug-likeness (QED) is 0.852. The van der Waals surface area contributed by atoms with Crippen molar-refractivity contribution in [3.05, 3.63) is 47.4 Å². The van der Waals surface area contributed by atoms with Gasteiger partial charge in [-0.3, -0.25) is 4.79 Å². The van der Waals surface area contributed by atoms with Gasteiger partial charge in [0, 0.05) is 43.8 Å². The molecular formula is C18H20FN3O3. The summed E-state index contributed by atoms with van der Waals surface area (Å²) in [4.78, 5) is 22.3. The zero-order chi connectivity index (χ0) is 17.8. The molecule has 3 rings (SSSR count). The van der Waals surface area contributed by atoms with Gasteiger partial charge in [0.05, 0.1) is 7.11 Å². The number of hydrogen-bond acceptors (Lipinski definition) is 5. The maximum Gasteiger partial charge on any atom is 0.319 e. The van der Waals surface area contributed by atoms with E-state index in [9.17, 15) is 9.18 Å². The Balaban J connectivity index is 1.57. The van der Waals surface area contributed by atoms with E-state index in [1.807, 2.05) is 0 Å². The van der Waals surface area contributed by atoms with Crippen molar-refractivity contribution < 1.29 is 18.7 Å². The first-order valence-electron chi connectivity index (χ1n) is 8.16. The highest BCUT2D eigenvalue weighted by Crippen LogP contribution is 2.20.